The van der Waals surface area contributed by atoms with Gasteiger partial charge in [-0.3, -0.25) is 9.36 Å². The highest BCUT2D eigenvalue weighted by Gasteiger charge is 2.36. The number of thiazole rings is 1. The van der Waals surface area contributed by atoms with E-state index in [0.29, 0.717) is 51.1 Å². The zero-order valence-electron chi connectivity index (χ0n) is 25.4. The van der Waals surface area contributed by atoms with Crippen molar-refractivity contribution >= 4 is 23.4 Å². The number of aromatic nitrogens is 1. The number of para-hydroxylation sites is 1. The van der Waals surface area contributed by atoms with Gasteiger partial charge in [-0.25, -0.2) is 14.2 Å². The van der Waals surface area contributed by atoms with Gasteiger partial charge in [-0.05, 0) is 61.4 Å². The Morgan fingerprint density at radius 2 is 1.78 bits per heavy atom. The van der Waals surface area contributed by atoms with E-state index < -0.39 is 12.0 Å². The fraction of sp³-hybridized carbons (Fsp3) is 0.265. The first-order chi connectivity index (χ1) is 21.8. The summed E-state index contributed by atoms with van der Waals surface area (Å²) in [5.74, 6) is 0.627. The van der Waals surface area contributed by atoms with Crippen LogP contribution < -0.4 is 29.1 Å². The molecule has 3 aromatic carbocycles. The van der Waals surface area contributed by atoms with Gasteiger partial charge in [-0.2, -0.15) is 0 Å². The fourth-order valence-corrected chi connectivity index (χ4v) is 5.99. The number of methoxy groups -OCH3 is 2. The second kappa shape index (κ2) is 14.4. The van der Waals surface area contributed by atoms with E-state index >= 15 is 0 Å². The van der Waals surface area contributed by atoms with Gasteiger partial charge in [-0.15, -0.1) is 0 Å². The van der Waals surface area contributed by atoms with Crippen molar-refractivity contribution in [2.45, 2.75) is 26.5 Å². The molecule has 2 heterocycles. The van der Waals surface area contributed by atoms with Crippen LogP contribution in [0, 0.1) is 5.82 Å². The summed E-state index contributed by atoms with van der Waals surface area (Å²) in [5, 5.41) is 0. The minimum Gasteiger partial charge on any atom is -0.493 e. The molecule has 11 heteroatoms. The van der Waals surface area contributed by atoms with E-state index in [4.69, 9.17) is 23.7 Å². The van der Waals surface area contributed by atoms with Crippen molar-refractivity contribution < 1.29 is 32.9 Å². The molecule has 1 aliphatic heterocycles. The SMILES string of the molecule is CCOc1c(OC)cccc1[C@@H]1C(C(=O)OCCOC)=C(C)N=c2s/c(=C/c3ccc(OCc4ccc(F)cc4)cc3)c(=O)n21. The number of ether oxygens (including phenoxy) is 5. The largest absolute Gasteiger partial charge is 0.493 e. The van der Waals surface area contributed by atoms with Crippen LogP contribution in [0.2, 0.25) is 0 Å². The Bertz CT molecular complexity index is 1880. The summed E-state index contributed by atoms with van der Waals surface area (Å²) in [4.78, 5) is 32.7. The lowest BCUT2D eigenvalue weighted by Crippen LogP contribution is -2.40. The predicted molar refractivity (Wildman–Crippen MR) is 168 cm³/mol. The lowest BCUT2D eigenvalue weighted by Gasteiger charge is -2.27. The Hall–Kier alpha value is -4.74. The van der Waals surface area contributed by atoms with Crippen LogP contribution in [-0.4, -0.2) is 44.6 Å². The summed E-state index contributed by atoms with van der Waals surface area (Å²) < 4.78 is 43.1. The maximum absolute atomic E-state index is 14.1. The number of allylic oxidation sites excluding steroid dienone is 1. The Labute approximate surface area is 263 Å². The number of hydrogen-bond acceptors (Lipinski definition) is 9. The quantitative estimate of drug-likeness (QED) is 0.167. The maximum Gasteiger partial charge on any atom is 0.338 e. The molecular formula is C34H33FN2O7S. The highest BCUT2D eigenvalue weighted by Crippen LogP contribution is 2.40. The van der Waals surface area contributed by atoms with Gasteiger partial charge in [0.05, 0.1) is 36.1 Å². The van der Waals surface area contributed by atoms with Crippen LogP contribution in [0.3, 0.4) is 0 Å². The lowest BCUT2D eigenvalue weighted by atomic mass is 9.94. The number of rotatable bonds is 12. The van der Waals surface area contributed by atoms with E-state index in [9.17, 15) is 14.0 Å². The van der Waals surface area contributed by atoms with E-state index in [2.05, 4.69) is 4.99 Å². The number of fused-ring (bicyclic) bond motifs is 1. The summed E-state index contributed by atoms with van der Waals surface area (Å²) in [5.41, 5.74) is 2.53. The fourth-order valence-electron chi connectivity index (χ4n) is 4.94. The molecule has 0 bridgehead atoms. The van der Waals surface area contributed by atoms with Crippen molar-refractivity contribution in [2.24, 2.45) is 4.99 Å². The van der Waals surface area contributed by atoms with E-state index in [1.54, 1.807) is 55.5 Å². The molecule has 0 saturated carbocycles. The third-order valence-electron chi connectivity index (χ3n) is 7.07. The molecule has 45 heavy (non-hydrogen) atoms. The number of hydrogen-bond donors (Lipinski definition) is 0. The topological polar surface area (TPSA) is 97.6 Å². The van der Waals surface area contributed by atoms with Crippen molar-refractivity contribution in [3.8, 4) is 17.2 Å². The van der Waals surface area contributed by atoms with Crippen LogP contribution in [0.5, 0.6) is 17.2 Å². The van der Waals surface area contributed by atoms with Crippen LogP contribution in [0.1, 0.15) is 36.6 Å². The molecule has 0 radical (unpaired) electrons. The van der Waals surface area contributed by atoms with Crippen molar-refractivity contribution in [1.29, 1.82) is 0 Å². The second-order valence-corrected chi connectivity index (χ2v) is 11.0. The highest BCUT2D eigenvalue weighted by atomic mass is 32.1. The molecule has 9 nitrogen and oxygen atoms in total. The average molecular weight is 633 g/mol. The maximum atomic E-state index is 14.1. The van der Waals surface area contributed by atoms with Gasteiger partial charge in [0.25, 0.3) is 5.56 Å². The Kier molecular flexibility index (Phi) is 10.1. The molecule has 0 aliphatic carbocycles. The van der Waals surface area contributed by atoms with Gasteiger partial charge in [-0.1, -0.05) is 47.7 Å². The van der Waals surface area contributed by atoms with Crippen molar-refractivity contribution in [1.82, 2.24) is 4.57 Å². The van der Waals surface area contributed by atoms with E-state index in [1.807, 2.05) is 19.1 Å². The minimum absolute atomic E-state index is 0.0449. The molecule has 0 spiro atoms. The zero-order valence-corrected chi connectivity index (χ0v) is 26.2. The Balaban J connectivity index is 1.54. The minimum atomic E-state index is -0.877. The van der Waals surface area contributed by atoms with Gasteiger partial charge in [0.15, 0.2) is 16.3 Å². The summed E-state index contributed by atoms with van der Waals surface area (Å²) in [6, 6.07) is 17.9. The number of carbonyl (C=O) groups excluding carboxylic acids is 1. The number of benzene rings is 3. The first kappa shape index (κ1) is 31.7. The Morgan fingerprint density at radius 1 is 1.02 bits per heavy atom. The van der Waals surface area contributed by atoms with E-state index in [1.165, 1.54) is 42.3 Å². The zero-order chi connectivity index (χ0) is 31.9. The molecular weight excluding hydrogens is 599 g/mol. The number of nitrogens with zero attached hydrogens (tertiary/aromatic N) is 2. The number of esters is 1. The highest BCUT2D eigenvalue weighted by molar-refractivity contribution is 7.07. The van der Waals surface area contributed by atoms with Gasteiger partial charge in [0.1, 0.15) is 30.8 Å². The molecule has 0 amide bonds. The van der Waals surface area contributed by atoms with Crippen molar-refractivity contribution in [2.75, 3.05) is 34.0 Å². The smallest absolute Gasteiger partial charge is 0.338 e. The van der Waals surface area contributed by atoms with Gasteiger partial charge in [0, 0.05) is 12.7 Å². The number of halogens is 1. The molecule has 0 fully saturated rings. The van der Waals surface area contributed by atoms with E-state index in [-0.39, 0.29) is 30.2 Å². The third-order valence-corrected chi connectivity index (χ3v) is 8.05. The molecule has 4 aromatic rings. The van der Waals surface area contributed by atoms with Crippen LogP contribution in [-0.2, 0) is 20.9 Å². The Morgan fingerprint density at radius 3 is 2.47 bits per heavy atom. The predicted octanol–water partition coefficient (Wildman–Crippen LogP) is 4.55. The summed E-state index contributed by atoms with van der Waals surface area (Å²) >= 11 is 1.22. The summed E-state index contributed by atoms with van der Waals surface area (Å²) in [6.07, 6.45) is 1.77. The van der Waals surface area contributed by atoms with Crippen molar-refractivity contribution in [3.63, 3.8) is 0 Å². The second-order valence-electron chi connectivity index (χ2n) is 10.0. The third kappa shape index (κ3) is 7.00. The monoisotopic (exact) mass is 632 g/mol. The van der Waals surface area contributed by atoms with Gasteiger partial charge < -0.3 is 23.7 Å². The average Bonchev–Trinajstić information content (AvgIpc) is 3.34. The van der Waals surface area contributed by atoms with Crippen LogP contribution in [0.4, 0.5) is 4.39 Å². The first-order valence-corrected chi connectivity index (χ1v) is 15.1. The standard InChI is InChI=1S/C34H33FN2O7S/c1-5-42-31-26(7-6-8-27(31)41-4)30-29(33(39)43-18-17-40-3)21(2)36-34-37(30)32(38)28(45-34)19-22-11-15-25(16-12-22)44-20-23-9-13-24(35)14-10-23/h6-16,19,30H,5,17-18,20H2,1-4H3/b28-19+/t30-/m1/s1. The first-order valence-electron chi connectivity index (χ1n) is 14.3. The van der Waals surface area contributed by atoms with Gasteiger partial charge >= 0.3 is 5.97 Å². The van der Waals surface area contributed by atoms with E-state index in [0.717, 1.165) is 11.1 Å². The van der Waals surface area contributed by atoms with Crippen molar-refractivity contribution in [3.05, 3.63) is 120 Å². The van der Waals surface area contributed by atoms with Crippen LogP contribution in [0.15, 0.2) is 87.8 Å². The normalized spacial score (nSPS) is 14.5. The molecule has 1 atom stereocenters. The molecule has 1 aromatic heterocycles. The molecule has 1 aliphatic rings. The van der Waals surface area contributed by atoms with Crippen LogP contribution in [0.25, 0.3) is 6.08 Å². The molecule has 0 unspecified atom stereocenters. The molecule has 234 valence electrons. The number of carbonyl (C=O) groups is 1. The summed E-state index contributed by atoms with van der Waals surface area (Å²) in [7, 11) is 3.05. The summed E-state index contributed by atoms with van der Waals surface area (Å²) in [6.45, 7) is 4.48. The van der Waals surface area contributed by atoms with Crippen LogP contribution >= 0.6 is 11.3 Å². The lowest BCUT2D eigenvalue weighted by molar-refractivity contribution is -0.140. The molecule has 0 N–H and O–H groups in total. The molecule has 5 rings (SSSR count). The van der Waals surface area contributed by atoms with Gasteiger partial charge in [0.2, 0.25) is 0 Å². The molecule has 0 saturated heterocycles.